The minimum absolute atomic E-state index is 0.380. The van der Waals surface area contributed by atoms with Crippen molar-refractivity contribution in [3.05, 3.63) is 0 Å². The summed E-state index contributed by atoms with van der Waals surface area (Å²) in [7, 11) is 0. The van der Waals surface area contributed by atoms with Crippen molar-refractivity contribution in [3.63, 3.8) is 0 Å². The first-order valence-electron chi connectivity index (χ1n) is 4.46. The van der Waals surface area contributed by atoms with Crippen molar-refractivity contribution in [2.24, 2.45) is 5.92 Å². The Morgan fingerprint density at radius 3 is 2.64 bits per heavy atom. The molecule has 0 aromatic heterocycles. The largest absolute Gasteiger partial charge is 0.447 e. The van der Waals surface area contributed by atoms with Crippen LogP contribution in [0.1, 0.15) is 26.2 Å². The van der Waals surface area contributed by atoms with Gasteiger partial charge in [0.2, 0.25) is 5.92 Å². The summed E-state index contributed by atoms with van der Waals surface area (Å²) >= 11 is 0. The van der Waals surface area contributed by atoms with Gasteiger partial charge in [0.25, 0.3) is 0 Å². The molecule has 0 amide bonds. The number of alkyl halides is 2. The van der Waals surface area contributed by atoms with Gasteiger partial charge in [-0.1, -0.05) is 6.92 Å². The molecule has 1 aliphatic carbocycles. The number of esters is 1. The zero-order valence-electron chi connectivity index (χ0n) is 7.80. The Labute approximate surface area is 80.7 Å². The predicted octanol–water partition coefficient (Wildman–Crippen LogP) is 1.88. The molecule has 0 unspecified atom stereocenters. The Kier molecular flexibility index (Phi) is 3.04. The normalized spacial score (nSPS) is 21.9. The Balaban J connectivity index is 2.35. The summed E-state index contributed by atoms with van der Waals surface area (Å²) in [4.78, 5) is 11.1. The number of nitriles is 1. The van der Waals surface area contributed by atoms with Crippen LogP contribution in [0.15, 0.2) is 0 Å². The van der Waals surface area contributed by atoms with Gasteiger partial charge in [0.1, 0.15) is 6.07 Å². The van der Waals surface area contributed by atoms with Gasteiger partial charge in [0.05, 0.1) is 5.92 Å². The van der Waals surface area contributed by atoms with E-state index in [1.54, 1.807) is 13.0 Å². The van der Waals surface area contributed by atoms with Crippen molar-refractivity contribution in [2.45, 2.75) is 38.2 Å². The summed E-state index contributed by atoms with van der Waals surface area (Å²) in [5, 5.41) is 8.47. The molecule has 1 fully saturated rings. The molecule has 14 heavy (non-hydrogen) atoms. The van der Waals surface area contributed by atoms with E-state index in [1.807, 2.05) is 0 Å². The average molecular weight is 203 g/mol. The van der Waals surface area contributed by atoms with Crippen LogP contribution in [0, 0.1) is 17.2 Å². The minimum Gasteiger partial charge on any atom is -0.447 e. The van der Waals surface area contributed by atoms with Gasteiger partial charge >= 0.3 is 5.97 Å². The van der Waals surface area contributed by atoms with E-state index in [9.17, 15) is 13.6 Å². The first-order chi connectivity index (χ1) is 6.48. The van der Waals surface area contributed by atoms with Crippen LogP contribution in [0.3, 0.4) is 0 Å². The molecule has 3 nitrogen and oxygen atoms in total. The molecule has 0 bridgehead atoms. The average Bonchev–Trinajstić information content (AvgIpc) is 2.09. The maximum Gasteiger partial charge on any atom is 0.310 e. The van der Waals surface area contributed by atoms with Crippen LogP contribution < -0.4 is 0 Å². The van der Waals surface area contributed by atoms with Crippen molar-refractivity contribution >= 4 is 5.97 Å². The summed E-state index contributed by atoms with van der Waals surface area (Å²) in [6.07, 6.45) is -1.33. The van der Waals surface area contributed by atoms with Crippen molar-refractivity contribution in [3.8, 4) is 6.07 Å². The number of rotatable bonds is 3. The van der Waals surface area contributed by atoms with E-state index in [0.29, 0.717) is 6.42 Å². The lowest BCUT2D eigenvalue weighted by molar-refractivity contribution is -0.174. The molecule has 5 heteroatoms. The number of carbonyl (C=O) groups excluding carboxylic acids is 1. The summed E-state index contributed by atoms with van der Waals surface area (Å²) < 4.78 is 29.5. The molecular weight excluding hydrogens is 192 g/mol. The molecule has 1 aliphatic rings. The van der Waals surface area contributed by atoms with Crippen LogP contribution in [-0.2, 0) is 9.53 Å². The van der Waals surface area contributed by atoms with Gasteiger partial charge in [-0.25, -0.2) is 8.78 Å². The Bertz CT molecular complexity index is 264. The van der Waals surface area contributed by atoms with E-state index in [2.05, 4.69) is 0 Å². The highest BCUT2D eigenvalue weighted by molar-refractivity contribution is 5.74. The summed E-state index contributed by atoms with van der Waals surface area (Å²) in [6, 6.07) is 1.78. The molecule has 0 heterocycles. The number of ether oxygens (including phenoxy) is 1. The summed E-state index contributed by atoms with van der Waals surface area (Å²) in [5.74, 6) is -4.13. The molecule has 0 aromatic carbocycles. The maximum atomic E-state index is 12.4. The van der Waals surface area contributed by atoms with Gasteiger partial charge in [0, 0.05) is 12.8 Å². The molecule has 0 radical (unpaired) electrons. The van der Waals surface area contributed by atoms with Gasteiger partial charge in [-0.05, 0) is 6.42 Å². The van der Waals surface area contributed by atoms with Crippen LogP contribution in [0.4, 0.5) is 8.78 Å². The topological polar surface area (TPSA) is 50.1 Å². The zero-order chi connectivity index (χ0) is 10.8. The molecule has 1 saturated carbocycles. The lowest BCUT2D eigenvalue weighted by atomic mass is 9.81. The van der Waals surface area contributed by atoms with Crippen molar-refractivity contribution in [1.29, 1.82) is 5.26 Å². The number of hydrogen-bond acceptors (Lipinski definition) is 3. The Morgan fingerprint density at radius 2 is 2.29 bits per heavy atom. The van der Waals surface area contributed by atoms with E-state index in [-0.39, 0.29) is 0 Å². The third kappa shape index (κ3) is 2.41. The number of carbonyl (C=O) groups is 1. The number of hydrogen-bond donors (Lipinski definition) is 0. The molecule has 0 N–H and O–H groups in total. The molecule has 1 rings (SSSR count). The highest BCUT2D eigenvalue weighted by Gasteiger charge is 2.49. The van der Waals surface area contributed by atoms with Gasteiger partial charge in [0.15, 0.2) is 6.10 Å². The molecule has 0 spiro atoms. The van der Waals surface area contributed by atoms with E-state index in [0.717, 1.165) is 0 Å². The lowest BCUT2D eigenvalue weighted by Gasteiger charge is -2.33. The second kappa shape index (κ2) is 3.91. The third-order valence-corrected chi connectivity index (χ3v) is 2.20. The Morgan fingerprint density at radius 1 is 1.71 bits per heavy atom. The fourth-order valence-electron chi connectivity index (χ4n) is 1.27. The number of halogens is 2. The van der Waals surface area contributed by atoms with E-state index >= 15 is 0 Å². The monoisotopic (exact) mass is 203 g/mol. The quantitative estimate of drug-likeness (QED) is 0.658. The fraction of sp³-hybridized carbons (Fsp3) is 0.778. The SMILES string of the molecule is CC[C@@H](C#N)OC(=O)C1CC(F)(F)C1. The van der Waals surface area contributed by atoms with Crippen molar-refractivity contribution in [2.75, 3.05) is 0 Å². The Hall–Kier alpha value is -1.18. The predicted molar refractivity (Wildman–Crippen MR) is 43.5 cm³/mol. The summed E-state index contributed by atoms with van der Waals surface area (Å²) in [6.45, 7) is 1.69. The minimum atomic E-state index is -2.72. The zero-order valence-corrected chi connectivity index (χ0v) is 7.80. The first kappa shape index (κ1) is 10.9. The van der Waals surface area contributed by atoms with Gasteiger partial charge in [-0.15, -0.1) is 0 Å². The van der Waals surface area contributed by atoms with Crippen molar-refractivity contribution < 1.29 is 18.3 Å². The highest BCUT2D eigenvalue weighted by Crippen LogP contribution is 2.42. The van der Waals surface area contributed by atoms with E-state index < -0.39 is 36.8 Å². The van der Waals surface area contributed by atoms with E-state index in [4.69, 9.17) is 10.00 Å². The van der Waals surface area contributed by atoms with Gasteiger partial charge in [-0.2, -0.15) is 5.26 Å². The molecule has 1 atom stereocenters. The van der Waals surface area contributed by atoms with Crippen LogP contribution in [0.2, 0.25) is 0 Å². The fourth-order valence-corrected chi connectivity index (χ4v) is 1.27. The van der Waals surface area contributed by atoms with Crippen LogP contribution in [-0.4, -0.2) is 18.0 Å². The molecular formula is C9H11F2NO2. The molecule has 0 aromatic rings. The van der Waals surface area contributed by atoms with Crippen molar-refractivity contribution in [1.82, 2.24) is 0 Å². The molecule has 78 valence electrons. The number of nitrogens with zero attached hydrogens (tertiary/aromatic N) is 1. The highest BCUT2D eigenvalue weighted by atomic mass is 19.3. The van der Waals surface area contributed by atoms with Crippen LogP contribution in [0.5, 0.6) is 0 Å². The van der Waals surface area contributed by atoms with Gasteiger partial charge < -0.3 is 4.74 Å². The van der Waals surface area contributed by atoms with Crippen LogP contribution in [0.25, 0.3) is 0 Å². The molecule has 0 aliphatic heterocycles. The second-order valence-electron chi connectivity index (χ2n) is 3.42. The van der Waals surface area contributed by atoms with E-state index in [1.165, 1.54) is 0 Å². The third-order valence-electron chi connectivity index (χ3n) is 2.20. The lowest BCUT2D eigenvalue weighted by Crippen LogP contribution is -2.41. The van der Waals surface area contributed by atoms with Crippen LogP contribution >= 0.6 is 0 Å². The first-order valence-corrected chi connectivity index (χ1v) is 4.46. The second-order valence-corrected chi connectivity index (χ2v) is 3.42. The van der Waals surface area contributed by atoms with Gasteiger partial charge in [-0.3, -0.25) is 4.79 Å². The smallest absolute Gasteiger partial charge is 0.310 e. The molecule has 0 saturated heterocycles. The maximum absolute atomic E-state index is 12.4. The standard InChI is InChI=1S/C9H11F2NO2/c1-2-7(5-12)14-8(13)6-3-9(10,11)4-6/h6-7H,2-4H2,1H3/t7-/m0/s1. The summed E-state index contributed by atoms with van der Waals surface area (Å²) in [5.41, 5.74) is 0.